The molecule has 2 heterocycles. The highest BCUT2D eigenvalue weighted by Crippen LogP contribution is 2.28. The van der Waals surface area contributed by atoms with Crippen molar-refractivity contribution in [1.29, 1.82) is 0 Å². The van der Waals surface area contributed by atoms with Crippen LogP contribution in [0.3, 0.4) is 0 Å². The van der Waals surface area contributed by atoms with Gasteiger partial charge in [0, 0.05) is 24.3 Å². The lowest BCUT2D eigenvalue weighted by Gasteiger charge is -2.13. The smallest absolute Gasteiger partial charge is 0.328 e. The number of rotatable bonds is 8. The highest BCUT2D eigenvalue weighted by atomic mass is 32.2. The van der Waals surface area contributed by atoms with E-state index in [1.165, 1.54) is 12.1 Å². The lowest BCUT2D eigenvalue weighted by molar-refractivity contribution is -0.122. The third-order valence-corrected chi connectivity index (χ3v) is 8.36. The van der Waals surface area contributed by atoms with Crippen LogP contribution >= 0.6 is 0 Å². The Morgan fingerprint density at radius 2 is 1.76 bits per heavy atom. The average Bonchev–Trinajstić information content (AvgIpc) is 3.58. The molecule has 2 amide bonds. The number of aromatic nitrogens is 3. The summed E-state index contributed by atoms with van der Waals surface area (Å²) in [6.07, 6.45) is 8.19. The summed E-state index contributed by atoms with van der Waals surface area (Å²) in [5.74, 6) is 1.48. The first-order valence-electron chi connectivity index (χ1n) is 13.7. The average molecular weight is 590 g/mol. The predicted octanol–water partition coefficient (Wildman–Crippen LogP) is 4.79. The van der Waals surface area contributed by atoms with Crippen molar-refractivity contribution in [1.82, 2.24) is 24.6 Å². The largest absolute Gasteiger partial charge is 0.483 e. The van der Waals surface area contributed by atoms with Crippen LogP contribution in [0.5, 0.6) is 0 Å². The van der Waals surface area contributed by atoms with Crippen LogP contribution in [0.15, 0.2) is 71.6 Å². The molecule has 1 aliphatic rings. The summed E-state index contributed by atoms with van der Waals surface area (Å²) in [5.41, 5.74) is 6.82. The fourth-order valence-corrected chi connectivity index (χ4v) is 5.91. The molecule has 1 unspecified atom stereocenters. The van der Waals surface area contributed by atoms with Crippen LogP contribution in [-0.4, -0.2) is 47.1 Å². The minimum absolute atomic E-state index is 0.0501. The fourth-order valence-electron chi connectivity index (χ4n) is 4.98. The van der Waals surface area contributed by atoms with E-state index in [0.717, 1.165) is 64.3 Å². The van der Waals surface area contributed by atoms with E-state index >= 15 is 0 Å². The van der Waals surface area contributed by atoms with E-state index in [4.69, 9.17) is 19.9 Å². The van der Waals surface area contributed by atoms with Gasteiger partial charge in [0.15, 0.2) is 5.65 Å². The number of hydrogen-bond donors (Lipinski definition) is 3. The minimum Gasteiger partial charge on any atom is -0.483 e. The number of carbonyl (C=O) groups excluding carboxylic acids is 1. The van der Waals surface area contributed by atoms with Gasteiger partial charge >= 0.3 is 6.03 Å². The molecule has 0 radical (unpaired) electrons. The fraction of sp³-hybridized carbons (Fsp3) is 0.290. The number of sulfonamides is 1. The van der Waals surface area contributed by atoms with Gasteiger partial charge in [-0.1, -0.05) is 42.0 Å². The Bertz CT molecular complexity index is 1690. The third kappa shape index (κ3) is 7.41. The van der Waals surface area contributed by atoms with Gasteiger partial charge in [0.2, 0.25) is 0 Å². The number of urea groups is 1. The van der Waals surface area contributed by atoms with E-state index in [0.29, 0.717) is 18.9 Å². The molecule has 3 N–H and O–H groups in total. The van der Waals surface area contributed by atoms with Gasteiger partial charge in [-0.25, -0.2) is 27.9 Å². The highest BCUT2D eigenvalue weighted by molar-refractivity contribution is 7.90. The third-order valence-electron chi connectivity index (χ3n) is 7.01. The zero-order valence-electron chi connectivity index (χ0n) is 23.9. The SMILES string of the molecule is Cc1ccc(S(=O)(=O)NC(=O)NCCc2ccc(-n3c(CC4C=CCC4)nc4c(C)cc(C)nc43)cc2)cc1.O=CO. The zero-order valence-corrected chi connectivity index (χ0v) is 24.7. The van der Waals surface area contributed by atoms with Crippen LogP contribution in [0.1, 0.15) is 41.1 Å². The maximum absolute atomic E-state index is 12.4. The molecule has 1 atom stereocenters. The van der Waals surface area contributed by atoms with Crippen molar-refractivity contribution in [3.05, 3.63) is 95.0 Å². The number of allylic oxidation sites excluding steroid dienone is 2. The Morgan fingerprint density at radius 1 is 1.07 bits per heavy atom. The van der Waals surface area contributed by atoms with Gasteiger partial charge in [-0.05, 0) is 87.4 Å². The normalized spacial score (nSPS) is 14.3. The molecule has 2 aromatic carbocycles. The van der Waals surface area contributed by atoms with Crippen molar-refractivity contribution >= 4 is 33.7 Å². The van der Waals surface area contributed by atoms with Crippen molar-refractivity contribution < 1.29 is 23.1 Å². The van der Waals surface area contributed by atoms with Gasteiger partial charge < -0.3 is 10.4 Å². The van der Waals surface area contributed by atoms with E-state index < -0.39 is 16.1 Å². The maximum atomic E-state index is 12.4. The number of aryl methyl sites for hydroxylation is 3. The molecule has 0 bridgehead atoms. The van der Waals surface area contributed by atoms with Crippen molar-refractivity contribution in [2.45, 2.75) is 51.3 Å². The summed E-state index contributed by atoms with van der Waals surface area (Å²) in [5, 5.41) is 9.52. The Hall–Kier alpha value is -4.51. The molecule has 10 nitrogen and oxygen atoms in total. The number of amides is 2. The summed E-state index contributed by atoms with van der Waals surface area (Å²) in [6, 6.07) is 15.8. The van der Waals surface area contributed by atoms with Crippen LogP contribution in [-0.2, 0) is 27.7 Å². The topological polar surface area (TPSA) is 143 Å². The summed E-state index contributed by atoms with van der Waals surface area (Å²) in [6.45, 7) is 5.99. The number of carboxylic acid groups (broad SMARTS) is 1. The standard InChI is InChI=1S/C30H33N5O3S.CH2O2/c1-20-8-14-26(15-9-20)39(37,38)34-30(36)31-17-16-23-10-12-25(13-11-23)35-27(19-24-6-4-5-7-24)33-28-21(2)18-22(3)32-29(28)35;2-1-3/h4,6,8-15,18,24H,5,7,16-17,19H2,1-3H3,(H2,31,34,36);1H,(H,2,3). The van der Waals surface area contributed by atoms with Crippen LogP contribution in [0, 0.1) is 26.7 Å². The molecule has 220 valence electrons. The number of fused-ring (bicyclic) bond motifs is 1. The van der Waals surface area contributed by atoms with E-state index in [9.17, 15) is 13.2 Å². The maximum Gasteiger partial charge on any atom is 0.328 e. The first-order chi connectivity index (χ1) is 20.1. The van der Waals surface area contributed by atoms with Gasteiger partial charge in [0.25, 0.3) is 16.5 Å². The molecule has 4 aromatic rings. The number of imidazole rings is 1. The molecule has 0 saturated carbocycles. The monoisotopic (exact) mass is 589 g/mol. The van der Waals surface area contributed by atoms with E-state index in [1.807, 2.05) is 38.1 Å². The molecular weight excluding hydrogens is 554 g/mol. The molecule has 0 spiro atoms. The number of nitrogens with one attached hydrogen (secondary N) is 2. The van der Waals surface area contributed by atoms with Crippen LogP contribution in [0.25, 0.3) is 16.9 Å². The van der Waals surface area contributed by atoms with E-state index in [1.54, 1.807) is 12.1 Å². The summed E-state index contributed by atoms with van der Waals surface area (Å²) in [7, 11) is -3.92. The summed E-state index contributed by atoms with van der Waals surface area (Å²) < 4.78 is 29.1. The van der Waals surface area contributed by atoms with E-state index in [2.05, 4.69) is 39.7 Å². The molecule has 0 aliphatic heterocycles. The summed E-state index contributed by atoms with van der Waals surface area (Å²) in [4.78, 5) is 30.5. The number of hydrogen-bond acceptors (Lipinski definition) is 6. The quantitative estimate of drug-likeness (QED) is 0.198. The van der Waals surface area contributed by atoms with Crippen molar-refractivity contribution in [3.8, 4) is 5.69 Å². The zero-order chi connectivity index (χ0) is 30.3. The second-order valence-corrected chi connectivity index (χ2v) is 12.0. The lowest BCUT2D eigenvalue weighted by atomic mass is 10.0. The first-order valence-corrected chi connectivity index (χ1v) is 15.2. The van der Waals surface area contributed by atoms with Gasteiger partial charge in [0.1, 0.15) is 11.3 Å². The lowest BCUT2D eigenvalue weighted by Crippen LogP contribution is -2.40. The second kappa shape index (κ2) is 13.4. The first kappa shape index (κ1) is 30.4. The van der Waals surface area contributed by atoms with Gasteiger partial charge in [-0.3, -0.25) is 9.36 Å². The second-order valence-electron chi connectivity index (χ2n) is 10.3. The van der Waals surface area contributed by atoms with E-state index in [-0.39, 0.29) is 11.4 Å². The Kier molecular flexibility index (Phi) is 9.74. The molecule has 0 fully saturated rings. The van der Waals surface area contributed by atoms with Gasteiger partial charge in [-0.2, -0.15) is 0 Å². The predicted molar refractivity (Wildman–Crippen MR) is 161 cm³/mol. The number of nitrogens with zero attached hydrogens (tertiary/aromatic N) is 3. The Labute approximate surface area is 245 Å². The number of benzene rings is 2. The van der Waals surface area contributed by atoms with Gasteiger partial charge in [0.05, 0.1) is 4.90 Å². The van der Waals surface area contributed by atoms with Gasteiger partial charge in [-0.15, -0.1) is 0 Å². The molecular formula is C31H35N5O5S. The van der Waals surface area contributed by atoms with Crippen LogP contribution < -0.4 is 10.0 Å². The van der Waals surface area contributed by atoms with Crippen LogP contribution in [0.4, 0.5) is 4.79 Å². The van der Waals surface area contributed by atoms with Crippen molar-refractivity contribution in [2.75, 3.05) is 6.54 Å². The number of pyridine rings is 1. The Balaban J connectivity index is 0.00000129. The molecule has 2 aromatic heterocycles. The molecule has 1 aliphatic carbocycles. The van der Waals surface area contributed by atoms with Crippen molar-refractivity contribution in [3.63, 3.8) is 0 Å². The van der Waals surface area contributed by atoms with Crippen molar-refractivity contribution in [2.24, 2.45) is 5.92 Å². The molecule has 0 saturated heterocycles. The van der Waals surface area contributed by atoms with Crippen LogP contribution in [0.2, 0.25) is 0 Å². The molecule has 5 rings (SSSR count). The number of carbonyl (C=O) groups is 2. The Morgan fingerprint density at radius 3 is 2.40 bits per heavy atom. The highest BCUT2D eigenvalue weighted by Gasteiger charge is 2.20. The minimum atomic E-state index is -3.92. The molecule has 42 heavy (non-hydrogen) atoms. The summed E-state index contributed by atoms with van der Waals surface area (Å²) >= 11 is 0. The molecule has 11 heteroatoms.